The number of hydrogen-bond donors (Lipinski definition) is 0. The number of furan rings is 1. The van der Waals surface area contributed by atoms with Crippen LogP contribution in [0.15, 0.2) is 10.5 Å². The van der Waals surface area contributed by atoms with Crippen molar-refractivity contribution in [2.24, 2.45) is 5.92 Å². The highest BCUT2D eigenvalue weighted by molar-refractivity contribution is 5.88. The lowest BCUT2D eigenvalue weighted by Crippen LogP contribution is -2.44. The number of ether oxygens (including phenoxy) is 6. The summed E-state index contributed by atoms with van der Waals surface area (Å²) < 4.78 is 41.2. The lowest BCUT2D eigenvalue weighted by molar-refractivity contribution is -0.169. The van der Waals surface area contributed by atoms with Crippen molar-refractivity contribution >= 4 is 17.9 Å². The molecule has 0 saturated carbocycles. The largest absolute Gasteiger partial charge is 0.459 e. The van der Waals surface area contributed by atoms with Gasteiger partial charge in [-0.25, -0.2) is 4.79 Å². The third-order valence-electron chi connectivity index (χ3n) is 7.88. The van der Waals surface area contributed by atoms with Crippen LogP contribution in [0.1, 0.15) is 69.8 Å². The Kier molecular flexibility index (Phi) is 4.43. The summed E-state index contributed by atoms with van der Waals surface area (Å²) in [6.07, 6.45) is -2.64. The zero-order valence-electron chi connectivity index (χ0n) is 19.7. The molecule has 6 rings (SSSR count). The van der Waals surface area contributed by atoms with Crippen molar-refractivity contribution < 1.29 is 47.2 Å². The molecule has 5 aliphatic rings. The van der Waals surface area contributed by atoms with Crippen LogP contribution in [0.3, 0.4) is 0 Å². The van der Waals surface area contributed by atoms with E-state index in [-0.39, 0.29) is 12.5 Å². The second-order valence-corrected chi connectivity index (χ2v) is 10.6. The molecule has 0 unspecified atom stereocenters. The van der Waals surface area contributed by atoms with Gasteiger partial charge in [0, 0.05) is 26.2 Å². The summed E-state index contributed by atoms with van der Waals surface area (Å²) in [6, 6.07) is 1.89. The number of carbonyl (C=O) groups is 3. The van der Waals surface area contributed by atoms with Gasteiger partial charge in [-0.15, -0.1) is 0 Å². The molecule has 4 fully saturated rings. The molecule has 1 aromatic heterocycles. The van der Waals surface area contributed by atoms with E-state index < -0.39 is 65.0 Å². The normalized spacial score (nSPS) is 46.0. The highest BCUT2D eigenvalue weighted by atomic mass is 16.7. The van der Waals surface area contributed by atoms with Crippen LogP contribution >= 0.6 is 0 Å². The first-order valence-corrected chi connectivity index (χ1v) is 11.6. The van der Waals surface area contributed by atoms with Gasteiger partial charge < -0.3 is 32.8 Å². The summed E-state index contributed by atoms with van der Waals surface area (Å²) in [5, 5.41) is 0. The first-order chi connectivity index (χ1) is 16.0. The number of epoxide rings is 3. The van der Waals surface area contributed by atoms with Crippen LogP contribution in [-0.2, 0) is 42.8 Å². The van der Waals surface area contributed by atoms with E-state index in [4.69, 9.17) is 32.8 Å². The third-order valence-corrected chi connectivity index (χ3v) is 7.88. The summed E-state index contributed by atoms with van der Waals surface area (Å²) in [5.74, 6) is -0.966. The fraction of sp³-hybridized carbons (Fsp3) is 0.708. The van der Waals surface area contributed by atoms with E-state index in [9.17, 15) is 14.4 Å². The number of esters is 3. The Balaban J connectivity index is 1.48. The second kappa shape index (κ2) is 6.83. The minimum atomic E-state index is -1.39. The van der Waals surface area contributed by atoms with E-state index in [1.54, 1.807) is 0 Å². The van der Waals surface area contributed by atoms with E-state index in [1.165, 1.54) is 13.8 Å². The van der Waals surface area contributed by atoms with Crippen molar-refractivity contribution in [3.8, 4) is 0 Å². The molecule has 4 bridgehead atoms. The van der Waals surface area contributed by atoms with E-state index in [0.717, 1.165) is 5.56 Å². The van der Waals surface area contributed by atoms with Gasteiger partial charge in [-0.3, -0.25) is 9.59 Å². The summed E-state index contributed by atoms with van der Waals surface area (Å²) in [7, 11) is 0. The quantitative estimate of drug-likeness (QED) is 0.364. The Morgan fingerprint density at radius 2 is 1.79 bits per heavy atom. The van der Waals surface area contributed by atoms with Gasteiger partial charge in [-0.1, -0.05) is 0 Å². The zero-order chi connectivity index (χ0) is 24.2. The molecular weight excluding hydrogens is 448 g/mol. The summed E-state index contributed by atoms with van der Waals surface area (Å²) in [4.78, 5) is 37.4. The molecule has 9 atom stereocenters. The Labute approximate surface area is 196 Å². The van der Waals surface area contributed by atoms with Crippen LogP contribution in [-0.4, -0.2) is 59.6 Å². The molecular formula is C24H28O10. The first kappa shape index (κ1) is 22.1. The van der Waals surface area contributed by atoms with Gasteiger partial charge in [0.1, 0.15) is 41.5 Å². The van der Waals surface area contributed by atoms with Gasteiger partial charge in [-0.2, -0.15) is 0 Å². The Hall–Kier alpha value is -2.43. The lowest BCUT2D eigenvalue weighted by atomic mass is 9.79. The second-order valence-electron chi connectivity index (χ2n) is 10.6. The highest BCUT2D eigenvalue weighted by Crippen LogP contribution is 2.60. The van der Waals surface area contributed by atoms with Crippen molar-refractivity contribution in [1.82, 2.24) is 0 Å². The maximum Gasteiger partial charge on any atom is 0.345 e. The third kappa shape index (κ3) is 3.15. The molecule has 4 saturated heterocycles. The van der Waals surface area contributed by atoms with Crippen LogP contribution in [0.5, 0.6) is 0 Å². The molecule has 0 amide bonds. The van der Waals surface area contributed by atoms with E-state index >= 15 is 0 Å². The lowest BCUT2D eigenvalue weighted by Gasteiger charge is -2.32. The van der Waals surface area contributed by atoms with Crippen molar-refractivity contribution in [2.75, 3.05) is 6.61 Å². The summed E-state index contributed by atoms with van der Waals surface area (Å²) >= 11 is 0. The standard InChI is InChI=1S/C24H28O10/c1-10-6-14-19-22(4,33-19)8-15-20-24(34-20,21(27)32-15)16(29-11(2)25)7-13(23(5)9-28-23)18(17(10)31-14)30-12(3)26/h6,13,15-16,18-20H,7-9H2,1-5H3/t13-,15+,16-,18+,19-,20+,22-,23+,24+/m0/s1. The molecule has 5 aliphatic heterocycles. The van der Waals surface area contributed by atoms with Crippen molar-refractivity contribution in [1.29, 1.82) is 0 Å². The Morgan fingerprint density at radius 1 is 1.09 bits per heavy atom. The molecule has 184 valence electrons. The minimum Gasteiger partial charge on any atom is -0.459 e. The molecule has 0 radical (unpaired) electrons. The van der Waals surface area contributed by atoms with Gasteiger partial charge in [0.05, 0.1) is 12.2 Å². The van der Waals surface area contributed by atoms with Gasteiger partial charge in [0.25, 0.3) is 0 Å². The molecule has 0 aliphatic carbocycles. The van der Waals surface area contributed by atoms with Gasteiger partial charge in [0.2, 0.25) is 5.60 Å². The molecule has 0 spiro atoms. The van der Waals surface area contributed by atoms with E-state index in [2.05, 4.69) is 0 Å². The molecule has 6 heterocycles. The predicted molar refractivity (Wildman–Crippen MR) is 110 cm³/mol. The van der Waals surface area contributed by atoms with Crippen LogP contribution in [0, 0.1) is 12.8 Å². The topological polar surface area (TPSA) is 130 Å². The van der Waals surface area contributed by atoms with Crippen LogP contribution in [0.4, 0.5) is 0 Å². The van der Waals surface area contributed by atoms with Crippen molar-refractivity contribution in [2.45, 2.75) is 94.8 Å². The van der Waals surface area contributed by atoms with Gasteiger partial charge in [0.15, 0.2) is 6.10 Å². The molecule has 1 aromatic rings. The maximum atomic E-state index is 13.1. The SMILES string of the molecule is CC(=O)O[C@H]1C[C@H]([C@@]2(C)CO2)[C@@H](OC(C)=O)c2oc(cc2C)[C@@H]2O[C@@]2(C)C[C@H]2OC(=O)[C@@]13O[C@H]23. The van der Waals surface area contributed by atoms with Crippen LogP contribution in [0.25, 0.3) is 0 Å². The van der Waals surface area contributed by atoms with Crippen LogP contribution < -0.4 is 0 Å². The number of rotatable bonds is 3. The average molecular weight is 476 g/mol. The monoisotopic (exact) mass is 476 g/mol. The van der Waals surface area contributed by atoms with E-state index in [1.807, 2.05) is 26.8 Å². The maximum absolute atomic E-state index is 13.1. The fourth-order valence-corrected chi connectivity index (χ4v) is 5.86. The molecule has 10 nitrogen and oxygen atoms in total. The Bertz CT molecular complexity index is 1090. The Morgan fingerprint density at radius 3 is 2.41 bits per heavy atom. The number of fused-ring (bicyclic) bond motifs is 4. The van der Waals surface area contributed by atoms with E-state index in [0.29, 0.717) is 24.5 Å². The predicted octanol–water partition coefficient (Wildman–Crippen LogP) is 2.22. The highest BCUT2D eigenvalue weighted by Gasteiger charge is 2.79. The minimum absolute atomic E-state index is 0.152. The molecule has 34 heavy (non-hydrogen) atoms. The van der Waals surface area contributed by atoms with Crippen molar-refractivity contribution in [3.63, 3.8) is 0 Å². The van der Waals surface area contributed by atoms with Crippen molar-refractivity contribution in [3.05, 3.63) is 23.2 Å². The zero-order valence-corrected chi connectivity index (χ0v) is 19.7. The smallest absolute Gasteiger partial charge is 0.345 e. The fourth-order valence-electron chi connectivity index (χ4n) is 5.86. The molecule has 0 N–H and O–H groups in total. The summed E-state index contributed by atoms with van der Waals surface area (Å²) in [5.41, 5.74) is -1.87. The average Bonchev–Trinajstić information content (AvgIpc) is 3.67. The van der Waals surface area contributed by atoms with Crippen LogP contribution in [0.2, 0.25) is 0 Å². The number of hydrogen-bond acceptors (Lipinski definition) is 10. The molecule has 10 heteroatoms. The molecule has 0 aromatic carbocycles. The van der Waals surface area contributed by atoms with Gasteiger partial charge in [-0.05, 0) is 38.8 Å². The first-order valence-electron chi connectivity index (χ1n) is 11.6. The number of carbonyl (C=O) groups excluding carboxylic acids is 3. The number of aryl methyl sites for hydroxylation is 1. The van der Waals surface area contributed by atoms with Gasteiger partial charge >= 0.3 is 17.9 Å². The summed E-state index contributed by atoms with van der Waals surface area (Å²) in [6.45, 7) is 8.75.